The highest BCUT2D eigenvalue weighted by molar-refractivity contribution is 6.13. The molecule has 0 atom stereocenters. The molecule has 2 aromatic carbocycles. The van der Waals surface area contributed by atoms with Crippen molar-refractivity contribution in [3.8, 4) is 0 Å². The number of allylic oxidation sites excluding steroid dienone is 1. The van der Waals surface area contributed by atoms with E-state index in [-0.39, 0.29) is 5.82 Å². The average Bonchev–Trinajstić information content (AvgIpc) is 2.39. The van der Waals surface area contributed by atoms with Gasteiger partial charge in [0.05, 0.1) is 0 Å². The Balaban J connectivity index is 2.43. The summed E-state index contributed by atoms with van der Waals surface area (Å²) in [5.74, 6) is -0.306. The van der Waals surface area contributed by atoms with Gasteiger partial charge in [-0.15, -0.1) is 0 Å². The lowest BCUT2D eigenvalue weighted by molar-refractivity contribution is -0.103. The molecule has 0 aliphatic rings. The summed E-state index contributed by atoms with van der Waals surface area (Å²) in [4.78, 5) is 11.1. The highest BCUT2D eigenvalue weighted by Crippen LogP contribution is 2.18. The van der Waals surface area contributed by atoms with Crippen molar-refractivity contribution in [2.45, 2.75) is 6.92 Å². The first-order valence-corrected chi connectivity index (χ1v) is 5.69. The zero-order chi connectivity index (χ0) is 13.0. The summed E-state index contributed by atoms with van der Waals surface area (Å²) in [6, 6.07) is 13.7. The quantitative estimate of drug-likeness (QED) is 0.452. The van der Waals surface area contributed by atoms with E-state index >= 15 is 0 Å². The maximum absolute atomic E-state index is 12.8. The number of carbonyl (C=O) groups excluding carboxylic acids is 1. The maximum atomic E-state index is 12.8. The molecule has 0 aliphatic carbocycles. The number of carbonyl (C=O) groups is 1. The Morgan fingerprint density at radius 1 is 1.06 bits per heavy atom. The Morgan fingerprint density at radius 2 is 1.72 bits per heavy atom. The third-order valence-electron chi connectivity index (χ3n) is 2.80. The second-order valence-corrected chi connectivity index (χ2v) is 4.08. The summed E-state index contributed by atoms with van der Waals surface area (Å²) >= 11 is 0. The fraction of sp³-hybridized carbons (Fsp3) is 0.0625. The topological polar surface area (TPSA) is 17.1 Å². The van der Waals surface area contributed by atoms with Crippen LogP contribution in [0.2, 0.25) is 0 Å². The molecule has 0 unspecified atom stereocenters. The van der Waals surface area contributed by atoms with E-state index in [0.717, 1.165) is 23.0 Å². The Bertz CT molecular complexity index is 582. The Labute approximate surface area is 106 Å². The van der Waals surface area contributed by atoms with Gasteiger partial charge in [-0.25, -0.2) is 4.39 Å². The number of halogens is 1. The fourth-order valence-electron chi connectivity index (χ4n) is 1.74. The highest BCUT2D eigenvalue weighted by Gasteiger charge is 2.02. The van der Waals surface area contributed by atoms with Gasteiger partial charge in [-0.2, -0.15) is 0 Å². The molecule has 2 aromatic rings. The Kier molecular flexibility index (Phi) is 3.68. The number of hydrogen-bond acceptors (Lipinski definition) is 1. The second kappa shape index (κ2) is 5.41. The summed E-state index contributed by atoms with van der Waals surface area (Å²) in [6.45, 7) is 1.99. The van der Waals surface area contributed by atoms with E-state index in [9.17, 15) is 9.18 Å². The molecule has 0 saturated carbocycles. The number of aldehydes is 1. The van der Waals surface area contributed by atoms with Gasteiger partial charge in [0.15, 0.2) is 6.29 Å². The predicted octanol–water partition coefficient (Wildman–Crippen LogP) is 3.87. The normalized spacial score (nSPS) is 11.3. The molecule has 18 heavy (non-hydrogen) atoms. The van der Waals surface area contributed by atoms with Crippen LogP contribution in [-0.4, -0.2) is 6.29 Å². The van der Waals surface area contributed by atoms with Crippen molar-refractivity contribution in [2.24, 2.45) is 0 Å². The lowest BCUT2D eigenvalue weighted by Crippen LogP contribution is -1.88. The van der Waals surface area contributed by atoms with Gasteiger partial charge in [0.1, 0.15) is 5.82 Å². The number of benzene rings is 2. The highest BCUT2D eigenvalue weighted by atomic mass is 19.1. The smallest absolute Gasteiger partial charge is 0.150 e. The summed E-state index contributed by atoms with van der Waals surface area (Å²) in [6.07, 6.45) is 2.61. The van der Waals surface area contributed by atoms with Crippen molar-refractivity contribution in [3.05, 3.63) is 71.0 Å². The molecule has 0 spiro atoms. The fourth-order valence-corrected chi connectivity index (χ4v) is 1.74. The van der Waals surface area contributed by atoms with Crippen molar-refractivity contribution in [2.75, 3.05) is 0 Å². The Hall–Kier alpha value is -2.22. The molecule has 0 bridgehead atoms. The number of rotatable bonds is 3. The van der Waals surface area contributed by atoms with Gasteiger partial charge in [-0.05, 0) is 41.8 Å². The molecule has 0 N–H and O–H groups in total. The first kappa shape index (κ1) is 12.2. The van der Waals surface area contributed by atoms with E-state index < -0.39 is 0 Å². The zero-order valence-corrected chi connectivity index (χ0v) is 10.1. The van der Waals surface area contributed by atoms with Gasteiger partial charge in [0.25, 0.3) is 0 Å². The SMILES string of the molecule is Cc1ccccc1/C=C(/C=O)c1ccc(F)cc1. The van der Waals surface area contributed by atoms with Gasteiger partial charge in [0, 0.05) is 5.57 Å². The molecule has 0 aromatic heterocycles. The monoisotopic (exact) mass is 240 g/mol. The number of aryl methyl sites for hydroxylation is 1. The minimum absolute atomic E-state index is 0.306. The summed E-state index contributed by atoms with van der Waals surface area (Å²) in [7, 11) is 0. The molecular formula is C16H13FO. The molecule has 0 saturated heterocycles. The lowest BCUT2D eigenvalue weighted by atomic mass is 10.0. The van der Waals surface area contributed by atoms with Gasteiger partial charge in [-0.1, -0.05) is 36.4 Å². The van der Waals surface area contributed by atoms with E-state index in [4.69, 9.17) is 0 Å². The molecule has 2 heteroatoms. The summed E-state index contributed by atoms with van der Waals surface area (Å²) in [5, 5.41) is 0. The van der Waals surface area contributed by atoms with E-state index in [2.05, 4.69) is 0 Å². The summed E-state index contributed by atoms with van der Waals surface area (Å²) < 4.78 is 12.8. The van der Waals surface area contributed by atoms with Crippen LogP contribution in [0.3, 0.4) is 0 Å². The Morgan fingerprint density at radius 3 is 2.33 bits per heavy atom. The van der Waals surface area contributed by atoms with Crippen LogP contribution in [0.4, 0.5) is 4.39 Å². The summed E-state index contributed by atoms with van der Waals surface area (Å²) in [5.41, 5.74) is 3.35. The van der Waals surface area contributed by atoms with E-state index in [1.165, 1.54) is 12.1 Å². The lowest BCUT2D eigenvalue weighted by Gasteiger charge is -2.03. The molecular weight excluding hydrogens is 227 g/mol. The largest absolute Gasteiger partial charge is 0.298 e. The zero-order valence-electron chi connectivity index (χ0n) is 10.1. The third-order valence-corrected chi connectivity index (χ3v) is 2.80. The van der Waals surface area contributed by atoms with Crippen LogP contribution in [0.25, 0.3) is 11.6 Å². The average molecular weight is 240 g/mol. The molecule has 0 aliphatic heterocycles. The van der Waals surface area contributed by atoms with Crippen LogP contribution in [-0.2, 0) is 4.79 Å². The second-order valence-electron chi connectivity index (χ2n) is 4.08. The van der Waals surface area contributed by atoms with Gasteiger partial charge < -0.3 is 0 Å². The van der Waals surface area contributed by atoms with Crippen LogP contribution in [0.1, 0.15) is 16.7 Å². The molecule has 2 rings (SSSR count). The minimum atomic E-state index is -0.306. The third kappa shape index (κ3) is 2.72. The minimum Gasteiger partial charge on any atom is -0.298 e. The standard InChI is InChI=1S/C16H13FO/c1-12-4-2-3-5-14(12)10-15(11-18)13-6-8-16(17)9-7-13/h2-11H,1H3/b15-10-. The maximum Gasteiger partial charge on any atom is 0.150 e. The molecule has 1 nitrogen and oxygen atoms in total. The first-order chi connectivity index (χ1) is 8.70. The molecule has 0 heterocycles. The van der Waals surface area contributed by atoms with Crippen LogP contribution >= 0.6 is 0 Å². The van der Waals surface area contributed by atoms with Crippen LogP contribution in [0, 0.1) is 12.7 Å². The first-order valence-electron chi connectivity index (χ1n) is 5.69. The molecule has 0 fully saturated rings. The van der Waals surface area contributed by atoms with E-state index in [1.807, 2.05) is 37.3 Å². The van der Waals surface area contributed by atoms with Crippen molar-refractivity contribution in [3.63, 3.8) is 0 Å². The van der Waals surface area contributed by atoms with Gasteiger partial charge in [0.2, 0.25) is 0 Å². The molecule has 90 valence electrons. The van der Waals surface area contributed by atoms with Crippen LogP contribution in [0.5, 0.6) is 0 Å². The van der Waals surface area contributed by atoms with Crippen molar-refractivity contribution in [1.82, 2.24) is 0 Å². The van der Waals surface area contributed by atoms with Crippen LogP contribution in [0.15, 0.2) is 48.5 Å². The molecule has 0 amide bonds. The van der Waals surface area contributed by atoms with Gasteiger partial charge in [-0.3, -0.25) is 4.79 Å². The van der Waals surface area contributed by atoms with Crippen molar-refractivity contribution >= 4 is 17.9 Å². The van der Waals surface area contributed by atoms with Crippen molar-refractivity contribution < 1.29 is 9.18 Å². The van der Waals surface area contributed by atoms with Gasteiger partial charge >= 0.3 is 0 Å². The van der Waals surface area contributed by atoms with E-state index in [1.54, 1.807) is 12.1 Å². The molecule has 0 radical (unpaired) electrons. The van der Waals surface area contributed by atoms with Crippen molar-refractivity contribution in [1.29, 1.82) is 0 Å². The number of hydrogen-bond donors (Lipinski definition) is 0. The predicted molar refractivity (Wildman–Crippen MR) is 71.5 cm³/mol. The van der Waals surface area contributed by atoms with Crippen LogP contribution < -0.4 is 0 Å². The van der Waals surface area contributed by atoms with E-state index in [0.29, 0.717) is 5.57 Å².